The molecule has 3 aromatic carbocycles. The van der Waals surface area contributed by atoms with Crippen LogP contribution in [0.25, 0.3) is 49.2 Å². The summed E-state index contributed by atoms with van der Waals surface area (Å²) in [5, 5.41) is 2.15. The molecule has 0 saturated heterocycles. The van der Waals surface area contributed by atoms with Gasteiger partial charge >= 0.3 is 0 Å². The van der Waals surface area contributed by atoms with Crippen LogP contribution in [-0.2, 0) is 7.05 Å². The first-order valence-electron chi connectivity index (χ1n) is 12.9. The van der Waals surface area contributed by atoms with Crippen LogP contribution in [0.3, 0.4) is 0 Å². The number of hydrogen-bond acceptors (Lipinski definition) is 1. The van der Waals surface area contributed by atoms with E-state index in [0.717, 1.165) is 38.6 Å². The minimum atomic E-state index is 0.619. The zero-order valence-corrected chi connectivity index (χ0v) is 21.5. The van der Waals surface area contributed by atoms with E-state index >= 15 is 0 Å². The number of rotatable bonds is 3. The van der Waals surface area contributed by atoms with Crippen molar-refractivity contribution in [2.24, 2.45) is 7.05 Å². The molecule has 2 aromatic heterocycles. The second-order valence-electron chi connectivity index (χ2n) is 10.4. The van der Waals surface area contributed by atoms with E-state index in [1.165, 1.54) is 53.8 Å². The van der Waals surface area contributed by atoms with E-state index in [2.05, 4.69) is 85.8 Å². The van der Waals surface area contributed by atoms with E-state index in [0.29, 0.717) is 11.6 Å². The summed E-state index contributed by atoms with van der Waals surface area (Å²) in [6, 6.07) is 21.5. The van der Waals surface area contributed by atoms with Crippen molar-refractivity contribution in [2.75, 3.05) is 0 Å². The fourth-order valence-corrected chi connectivity index (χ4v) is 5.96. The third kappa shape index (κ3) is 3.52. The lowest BCUT2D eigenvalue weighted by Crippen LogP contribution is -2.35. The fourth-order valence-electron chi connectivity index (χ4n) is 5.96. The minimum Gasteiger partial charge on any atom is -0.456 e. The Balaban J connectivity index is 1.66. The van der Waals surface area contributed by atoms with Crippen molar-refractivity contribution < 1.29 is 8.98 Å². The van der Waals surface area contributed by atoms with Crippen molar-refractivity contribution in [1.82, 2.24) is 0 Å². The van der Waals surface area contributed by atoms with Gasteiger partial charge in [0.25, 0.3) is 0 Å². The summed E-state index contributed by atoms with van der Waals surface area (Å²) in [7, 11) is 2.15. The fraction of sp³-hybridized carbons (Fsp3) is 0.273. The molecule has 0 aliphatic heterocycles. The molecule has 1 aliphatic rings. The van der Waals surface area contributed by atoms with Crippen molar-refractivity contribution in [3.63, 3.8) is 0 Å². The Hall–Kier alpha value is -3.90. The largest absolute Gasteiger partial charge is 0.456 e. The Morgan fingerprint density at radius 3 is 2.19 bits per heavy atom. The summed E-state index contributed by atoms with van der Waals surface area (Å²) >= 11 is 0. The van der Waals surface area contributed by atoms with Crippen LogP contribution in [0.2, 0.25) is 0 Å². The summed E-state index contributed by atoms with van der Waals surface area (Å²) in [6.45, 7) is 14.3. The predicted molar refractivity (Wildman–Crippen MR) is 147 cm³/mol. The molecule has 0 amide bonds. The molecule has 1 aliphatic carbocycles. The normalized spacial score (nSPS) is 14.1. The molecule has 178 valence electrons. The molecule has 0 radical (unpaired) electrons. The number of aromatic nitrogens is 1. The standard InChI is InChI=1S/C33H31N2O/c1-20-10-13-24(14-11-20)31-28(34-4)17-16-27-26-15-12-21(2)30(32(26)36-33(27)31)29-19-25(18-22(3)35(29)5)23-8-6-7-9-23/h10-19,23H,6-9H2,1-3,5H3/q+1. The summed E-state index contributed by atoms with van der Waals surface area (Å²) < 4.78 is 9.07. The van der Waals surface area contributed by atoms with E-state index in [1.807, 2.05) is 12.1 Å². The average molecular weight is 472 g/mol. The van der Waals surface area contributed by atoms with Crippen molar-refractivity contribution in [1.29, 1.82) is 0 Å². The zero-order chi connectivity index (χ0) is 25.0. The third-order valence-corrected chi connectivity index (χ3v) is 8.11. The first-order valence-corrected chi connectivity index (χ1v) is 12.9. The Bertz CT molecular complexity index is 1680. The summed E-state index contributed by atoms with van der Waals surface area (Å²) in [5.41, 5.74) is 11.6. The molecule has 0 spiro atoms. The molecule has 0 bridgehead atoms. The quantitative estimate of drug-likeness (QED) is 0.190. The lowest BCUT2D eigenvalue weighted by molar-refractivity contribution is -0.666. The molecule has 0 N–H and O–H groups in total. The van der Waals surface area contributed by atoms with Crippen LogP contribution in [0, 0.1) is 27.3 Å². The molecule has 2 heterocycles. The molecular formula is C33H31N2O+. The van der Waals surface area contributed by atoms with Crippen LogP contribution in [0.4, 0.5) is 5.69 Å². The topological polar surface area (TPSA) is 21.4 Å². The second kappa shape index (κ2) is 8.64. The van der Waals surface area contributed by atoms with Crippen molar-refractivity contribution in [3.05, 3.63) is 94.5 Å². The van der Waals surface area contributed by atoms with Crippen molar-refractivity contribution in [3.8, 4) is 22.4 Å². The van der Waals surface area contributed by atoms with Gasteiger partial charge in [-0.3, -0.25) is 0 Å². The van der Waals surface area contributed by atoms with Gasteiger partial charge in [0, 0.05) is 35.4 Å². The van der Waals surface area contributed by atoms with Gasteiger partial charge in [-0.2, -0.15) is 4.57 Å². The smallest absolute Gasteiger partial charge is 0.216 e. The summed E-state index contributed by atoms with van der Waals surface area (Å²) in [4.78, 5) is 3.86. The minimum absolute atomic E-state index is 0.619. The first-order chi connectivity index (χ1) is 17.5. The number of aryl methyl sites for hydroxylation is 3. The second-order valence-corrected chi connectivity index (χ2v) is 10.4. The van der Waals surface area contributed by atoms with E-state index in [4.69, 9.17) is 11.0 Å². The summed E-state index contributed by atoms with van der Waals surface area (Å²) in [6.07, 6.45) is 5.20. The highest BCUT2D eigenvalue weighted by Crippen LogP contribution is 2.45. The van der Waals surface area contributed by atoms with E-state index in [-0.39, 0.29) is 0 Å². The monoisotopic (exact) mass is 471 g/mol. The van der Waals surface area contributed by atoms with Gasteiger partial charge in [0.2, 0.25) is 5.69 Å². The van der Waals surface area contributed by atoms with Crippen molar-refractivity contribution in [2.45, 2.75) is 52.4 Å². The predicted octanol–water partition coefficient (Wildman–Crippen LogP) is 8.88. The molecule has 1 fully saturated rings. The third-order valence-electron chi connectivity index (χ3n) is 8.11. The Morgan fingerprint density at radius 1 is 0.833 bits per heavy atom. The van der Waals surface area contributed by atoms with Gasteiger partial charge in [-0.15, -0.1) is 0 Å². The molecule has 3 heteroatoms. The molecular weight excluding hydrogens is 440 g/mol. The highest BCUT2D eigenvalue weighted by molar-refractivity contribution is 6.15. The number of pyridine rings is 1. The highest BCUT2D eigenvalue weighted by Gasteiger charge is 2.27. The van der Waals surface area contributed by atoms with Crippen LogP contribution in [0.1, 0.15) is 54.0 Å². The van der Waals surface area contributed by atoms with E-state index in [1.54, 1.807) is 0 Å². The van der Waals surface area contributed by atoms with Gasteiger partial charge in [0.1, 0.15) is 18.2 Å². The Labute approximate surface area is 212 Å². The average Bonchev–Trinajstić information content (AvgIpc) is 3.54. The molecule has 6 rings (SSSR count). The summed E-state index contributed by atoms with van der Waals surface area (Å²) in [5.74, 6) is 0.646. The van der Waals surface area contributed by atoms with E-state index < -0.39 is 0 Å². The number of fused-ring (bicyclic) bond motifs is 3. The van der Waals surface area contributed by atoms with Gasteiger partial charge in [0.15, 0.2) is 11.4 Å². The van der Waals surface area contributed by atoms with Crippen LogP contribution < -0.4 is 4.57 Å². The van der Waals surface area contributed by atoms with Gasteiger partial charge in [-0.05, 0) is 49.3 Å². The Morgan fingerprint density at radius 2 is 1.50 bits per heavy atom. The SMILES string of the molecule is [C-]#[N+]c1ccc2c(oc3c(-c4cc(C5CCCC5)cc(C)[n+]4C)c(C)ccc32)c1-c1ccc(C)cc1. The maximum absolute atomic E-state index is 7.83. The first kappa shape index (κ1) is 22.6. The highest BCUT2D eigenvalue weighted by atomic mass is 16.3. The maximum Gasteiger partial charge on any atom is 0.216 e. The molecule has 5 aromatic rings. The van der Waals surface area contributed by atoms with Gasteiger partial charge < -0.3 is 4.42 Å². The molecule has 0 unspecified atom stereocenters. The van der Waals surface area contributed by atoms with Crippen LogP contribution in [0.15, 0.2) is 65.1 Å². The lowest BCUT2D eigenvalue weighted by Gasteiger charge is -2.13. The van der Waals surface area contributed by atoms with Gasteiger partial charge in [-0.1, -0.05) is 66.9 Å². The zero-order valence-electron chi connectivity index (χ0n) is 21.5. The Kier molecular flexibility index (Phi) is 5.41. The number of nitrogens with zero attached hydrogens (tertiary/aromatic N) is 2. The molecule has 1 saturated carbocycles. The number of hydrogen-bond donors (Lipinski definition) is 0. The van der Waals surface area contributed by atoms with Gasteiger partial charge in [0.05, 0.1) is 12.1 Å². The molecule has 3 nitrogen and oxygen atoms in total. The van der Waals surface area contributed by atoms with Crippen LogP contribution >= 0.6 is 0 Å². The van der Waals surface area contributed by atoms with Crippen LogP contribution in [0.5, 0.6) is 0 Å². The lowest BCUT2D eigenvalue weighted by atomic mass is 9.93. The van der Waals surface area contributed by atoms with Crippen LogP contribution in [-0.4, -0.2) is 0 Å². The van der Waals surface area contributed by atoms with E-state index in [9.17, 15) is 0 Å². The number of furan rings is 1. The maximum atomic E-state index is 7.83. The van der Waals surface area contributed by atoms with Gasteiger partial charge in [-0.25, -0.2) is 4.85 Å². The molecule has 36 heavy (non-hydrogen) atoms. The number of benzene rings is 3. The molecule has 0 atom stereocenters. The van der Waals surface area contributed by atoms with Crippen molar-refractivity contribution >= 4 is 27.6 Å².